The van der Waals surface area contributed by atoms with E-state index in [-0.39, 0.29) is 5.78 Å². The van der Waals surface area contributed by atoms with E-state index in [9.17, 15) is 9.90 Å². The summed E-state index contributed by atoms with van der Waals surface area (Å²) in [7, 11) is 1.89. The van der Waals surface area contributed by atoms with Gasteiger partial charge in [0.1, 0.15) is 0 Å². The van der Waals surface area contributed by atoms with Crippen LogP contribution in [0.5, 0.6) is 0 Å². The lowest BCUT2D eigenvalue weighted by Gasteiger charge is -2.35. The second-order valence-corrected chi connectivity index (χ2v) is 6.25. The molecule has 1 heterocycles. The number of ether oxygens (including phenoxy) is 1. The molecule has 1 aliphatic rings. The van der Waals surface area contributed by atoms with E-state index in [0.29, 0.717) is 39.1 Å². The molecule has 1 N–H and O–H groups in total. The summed E-state index contributed by atoms with van der Waals surface area (Å²) >= 11 is 0. The molecule has 1 aromatic carbocycles. The Hall–Kier alpha value is -1.23. The lowest BCUT2D eigenvalue weighted by atomic mass is 9.93. The zero-order chi connectivity index (χ0) is 15.5. The molecule has 0 spiro atoms. The number of Topliss-reactive ketones (excluding diaryl/α,β-unsaturated/α-hetero) is 1. The lowest BCUT2D eigenvalue weighted by molar-refractivity contribution is -0.0758. The molecule has 4 heteroatoms. The van der Waals surface area contributed by atoms with Gasteiger partial charge in [-0.2, -0.15) is 0 Å². The van der Waals surface area contributed by atoms with Crippen molar-refractivity contribution in [1.29, 1.82) is 0 Å². The molecule has 0 atom stereocenters. The van der Waals surface area contributed by atoms with Crippen LogP contribution in [0.3, 0.4) is 0 Å². The number of likely N-dealkylation sites (N-methyl/N-ethyl adjacent to an activating group) is 1. The van der Waals surface area contributed by atoms with Gasteiger partial charge in [0.2, 0.25) is 0 Å². The predicted molar refractivity (Wildman–Crippen MR) is 82.7 cm³/mol. The Morgan fingerprint density at radius 1 is 1.33 bits per heavy atom. The first-order valence-corrected chi connectivity index (χ1v) is 7.49. The van der Waals surface area contributed by atoms with Gasteiger partial charge in [-0.15, -0.1) is 0 Å². The highest BCUT2D eigenvalue weighted by Gasteiger charge is 2.31. The first-order valence-electron chi connectivity index (χ1n) is 7.49. The molecule has 0 aromatic heterocycles. The highest BCUT2D eigenvalue weighted by molar-refractivity contribution is 5.99. The Balaban J connectivity index is 1.97. The zero-order valence-corrected chi connectivity index (χ0v) is 13.2. The van der Waals surface area contributed by atoms with Crippen LogP contribution in [0.4, 0.5) is 0 Å². The van der Waals surface area contributed by atoms with Gasteiger partial charge in [-0.05, 0) is 32.5 Å². The van der Waals surface area contributed by atoms with Crippen molar-refractivity contribution in [2.45, 2.75) is 32.3 Å². The van der Waals surface area contributed by atoms with Crippen LogP contribution in [-0.2, 0) is 4.74 Å². The van der Waals surface area contributed by atoms with Crippen molar-refractivity contribution < 1.29 is 14.6 Å². The van der Waals surface area contributed by atoms with Crippen molar-refractivity contribution >= 4 is 5.78 Å². The number of carbonyl (C=O) groups excluding carboxylic acids is 1. The summed E-state index contributed by atoms with van der Waals surface area (Å²) in [6.07, 6.45) is 1.27. The second-order valence-electron chi connectivity index (χ2n) is 6.25. The summed E-state index contributed by atoms with van der Waals surface area (Å²) in [4.78, 5) is 14.3. The van der Waals surface area contributed by atoms with E-state index in [0.717, 1.165) is 16.7 Å². The SMILES string of the molecule is Cc1ccc(C)c(C(=O)CN(C)CC2(O)CCOCC2)c1. The number of hydrogen-bond donors (Lipinski definition) is 1. The second kappa shape index (κ2) is 6.69. The maximum Gasteiger partial charge on any atom is 0.177 e. The van der Waals surface area contributed by atoms with Gasteiger partial charge >= 0.3 is 0 Å². The van der Waals surface area contributed by atoms with Gasteiger partial charge in [0.15, 0.2) is 5.78 Å². The quantitative estimate of drug-likeness (QED) is 0.843. The average Bonchev–Trinajstić information content (AvgIpc) is 2.41. The fraction of sp³-hybridized carbons (Fsp3) is 0.588. The molecule has 1 fully saturated rings. The summed E-state index contributed by atoms with van der Waals surface area (Å²) in [6.45, 7) is 5.97. The molecular weight excluding hydrogens is 266 g/mol. The van der Waals surface area contributed by atoms with E-state index in [1.807, 2.05) is 44.0 Å². The molecule has 1 aliphatic heterocycles. The Morgan fingerprint density at radius 2 is 2.00 bits per heavy atom. The third kappa shape index (κ3) is 4.37. The molecule has 0 bridgehead atoms. The largest absolute Gasteiger partial charge is 0.388 e. The predicted octanol–water partition coefficient (Wildman–Crippen LogP) is 1.96. The third-order valence-electron chi connectivity index (χ3n) is 4.09. The highest BCUT2D eigenvalue weighted by Crippen LogP contribution is 2.21. The molecular formula is C17H25NO3. The van der Waals surface area contributed by atoms with Gasteiger partial charge in [0.05, 0.1) is 12.1 Å². The van der Waals surface area contributed by atoms with Crippen LogP contribution in [0, 0.1) is 13.8 Å². The topological polar surface area (TPSA) is 49.8 Å². The Bertz CT molecular complexity index is 507. The monoisotopic (exact) mass is 291 g/mol. The number of ketones is 1. The molecule has 0 saturated carbocycles. The van der Waals surface area contributed by atoms with Gasteiger partial charge in [-0.3, -0.25) is 9.69 Å². The number of nitrogens with zero attached hydrogens (tertiary/aromatic N) is 1. The number of aryl methyl sites for hydroxylation is 2. The van der Waals surface area contributed by atoms with Crippen molar-refractivity contribution in [3.05, 3.63) is 34.9 Å². The zero-order valence-electron chi connectivity index (χ0n) is 13.2. The van der Waals surface area contributed by atoms with Crippen LogP contribution in [-0.4, -0.2) is 54.7 Å². The molecule has 0 aliphatic carbocycles. The van der Waals surface area contributed by atoms with Crippen molar-refractivity contribution in [2.24, 2.45) is 0 Å². The normalized spacial score (nSPS) is 18.0. The van der Waals surface area contributed by atoms with Crippen molar-refractivity contribution in [3.8, 4) is 0 Å². The molecule has 1 aromatic rings. The number of rotatable bonds is 5. The van der Waals surface area contributed by atoms with Gasteiger partial charge in [0.25, 0.3) is 0 Å². The third-order valence-corrected chi connectivity index (χ3v) is 4.09. The highest BCUT2D eigenvalue weighted by atomic mass is 16.5. The van der Waals surface area contributed by atoms with Crippen LogP contribution in [0.15, 0.2) is 18.2 Å². The summed E-state index contributed by atoms with van der Waals surface area (Å²) in [6, 6.07) is 5.93. The standard InChI is InChI=1S/C17H25NO3/c1-13-4-5-14(2)15(10-13)16(19)11-18(3)12-17(20)6-8-21-9-7-17/h4-5,10,20H,6-9,11-12H2,1-3H3. The van der Waals surface area contributed by atoms with E-state index in [2.05, 4.69) is 0 Å². The smallest absolute Gasteiger partial charge is 0.177 e. The van der Waals surface area contributed by atoms with Crippen molar-refractivity contribution in [3.63, 3.8) is 0 Å². The van der Waals surface area contributed by atoms with Crippen molar-refractivity contribution in [2.75, 3.05) is 33.4 Å². The molecule has 116 valence electrons. The maximum absolute atomic E-state index is 12.4. The molecule has 2 rings (SSSR count). The number of hydrogen-bond acceptors (Lipinski definition) is 4. The van der Waals surface area contributed by atoms with Gasteiger partial charge < -0.3 is 9.84 Å². The van der Waals surface area contributed by atoms with Gasteiger partial charge in [-0.25, -0.2) is 0 Å². The Kier molecular flexibility index (Phi) is 5.14. The van der Waals surface area contributed by atoms with Gasteiger partial charge in [0, 0.05) is 38.2 Å². The van der Waals surface area contributed by atoms with Crippen LogP contribution in [0.1, 0.15) is 34.3 Å². The van der Waals surface area contributed by atoms with E-state index < -0.39 is 5.60 Å². The van der Waals surface area contributed by atoms with Crippen LogP contribution < -0.4 is 0 Å². The minimum Gasteiger partial charge on any atom is -0.388 e. The number of aliphatic hydroxyl groups is 1. The Morgan fingerprint density at radius 3 is 2.67 bits per heavy atom. The maximum atomic E-state index is 12.4. The molecule has 0 unspecified atom stereocenters. The summed E-state index contributed by atoms with van der Waals surface area (Å²) in [5.41, 5.74) is 2.15. The first kappa shape index (κ1) is 16.1. The molecule has 4 nitrogen and oxygen atoms in total. The van der Waals surface area contributed by atoms with E-state index in [4.69, 9.17) is 4.74 Å². The van der Waals surface area contributed by atoms with Crippen LogP contribution >= 0.6 is 0 Å². The molecule has 21 heavy (non-hydrogen) atoms. The van der Waals surface area contributed by atoms with E-state index in [1.165, 1.54) is 0 Å². The molecule has 1 saturated heterocycles. The minimum absolute atomic E-state index is 0.106. The van der Waals surface area contributed by atoms with Crippen LogP contribution in [0.2, 0.25) is 0 Å². The number of benzene rings is 1. The lowest BCUT2D eigenvalue weighted by Crippen LogP contribution is -2.46. The minimum atomic E-state index is -0.727. The summed E-state index contributed by atoms with van der Waals surface area (Å²) < 4.78 is 5.28. The average molecular weight is 291 g/mol. The number of carbonyl (C=O) groups is 1. The van der Waals surface area contributed by atoms with Gasteiger partial charge in [-0.1, -0.05) is 17.7 Å². The first-order chi connectivity index (χ1) is 9.89. The van der Waals surface area contributed by atoms with Crippen molar-refractivity contribution in [1.82, 2.24) is 4.90 Å². The summed E-state index contributed by atoms with van der Waals surface area (Å²) in [5.74, 6) is 0.106. The summed E-state index contributed by atoms with van der Waals surface area (Å²) in [5, 5.41) is 10.5. The fourth-order valence-corrected chi connectivity index (χ4v) is 2.83. The molecule has 0 amide bonds. The fourth-order valence-electron chi connectivity index (χ4n) is 2.83. The Labute approximate surface area is 126 Å². The van der Waals surface area contributed by atoms with E-state index >= 15 is 0 Å². The van der Waals surface area contributed by atoms with Crippen LogP contribution in [0.25, 0.3) is 0 Å². The van der Waals surface area contributed by atoms with E-state index in [1.54, 1.807) is 0 Å². The molecule has 0 radical (unpaired) electrons.